The van der Waals surface area contributed by atoms with Crippen molar-refractivity contribution in [2.24, 2.45) is 5.14 Å². The van der Waals surface area contributed by atoms with Crippen LogP contribution in [-0.4, -0.2) is 13.4 Å². The first-order valence-corrected chi connectivity index (χ1v) is 7.74. The summed E-state index contributed by atoms with van der Waals surface area (Å²) in [6, 6.07) is 10.5. The number of nitrogens with zero attached hydrogens (tertiary/aromatic N) is 1. The molecule has 0 aliphatic carbocycles. The van der Waals surface area contributed by atoms with Crippen molar-refractivity contribution in [3.8, 4) is 0 Å². The summed E-state index contributed by atoms with van der Waals surface area (Å²) in [4.78, 5) is 4.35. The summed E-state index contributed by atoms with van der Waals surface area (Å²) in [5.41, 5.74) is 3.10. The number of rotatable bonds is 5. The smallest absolute Gasteiger partial charge is 0.238 e. The van der Waals surface area contributed by atoms with Crippen LogP contribution in [0.1, 0.15) is 16.8 Å². The third-order valence-corrected chi connectivity index (χ3v) is 3.81. The number of pyridine rings is 1. The van der Waals surface area contributed by atoms with Gasteiger partial charge in [0.25, 0.3) is 0 Å². The fraction of sp³-hybridized carbons (Fsp3) is 0.214. The average molecular weight is 291 g/mol. The van der Waals surface area contributed by atoms with Crippen molar-refractivity contribution in [2.75, 3.05) is 0 Å². The van der Waals surface area contributed by atoms with Crippen LogP contribution in [0.2, 0.25) is 0 Å². The summed E-state index contributed by atoms with van der Waals surface area (Å²) in [6.07, 6.45) is 1.84. The highest BCUT2D eigenvalue weighted by molar-refractivity contribution is 7.89. The second-order valence-corrected chi connectivity index (χ2v) is 6.16. The van der Waals surface area contributed by atoms with Gasteiger partial charge >= 0.3 is 0 Å². The van der Waals surface area contributed by atoms with E-state index in [2.05, 4.69) is 10.3 Å². The van der Waals surface area contributed by atoms with Crippen LogP contribution in [-0.2, 0) is 23.1 Å². The number of aryl methyl sites for hydroxylation is 1. The maximum absolute atomic E-state index is 11.1. The summed E-state index contributed by atoms with van der Waals surface area (Å²) >= 11 is 0. The number of aromatic nitrogens is 1. The standard InChI is InChI=1S/C14H17N3O2S/c1-11-2-3-13(10-17-11)9-16-8-12-4-6-14(7-5-12)20(15,18)19/h2-7,10,16H,8-9H2,1H3,(H2,15,18,19). The van der Waals surface area contributed by atoms with Crippen LogP contribution < -0.4 is 10.5 Å². The van der Waals surface area contributed by atoms with Crippen LogP contribution in [0, 0.1) is 6.92 Å². The van der Waals surface area contributed by atoms with Crippen LogP contribution in [0.25, 0.3) is 0 Å². The normalized spacial score (nSPS) is 11.5. The van der Waals surface area contributed by atoms with E-state index in [-0.39, 0.29) is 4.90 Å². The quantitative estimate of drug-likeness (QED) is 0.870. The lowest BCUT2D eigenvalue weighted by atomic mass is 10.2. The SMILES string of the molecule is Cc1ccc(CNCc2ccc(S(N)(=O)=O)cc2)cn1. The average Bonchev–Trinajstić information content (AvgIpc) is 2.41. The van der Waals surface area contributed by atoms with E-state index in [1.54, 1.807) is 12.1 Å². The molecule has 2 rings (SSSR count). The lowest BCUT2D eigenvalue weighted by Crippen LogP contribution is -2.14. The maximum atomic E-state index is 11.1. The Balaban J connectivity index is 1.90. The number of sulfonamides is 1. The van der Waals surface area contributed by atoms with E-state index in [1.807, 2.05) is 25.3 Å². The lowest BCUT2D eigenvalue weighted by Gasteiger charge is -2.06. The first-order chi connectivity index (χ1) is 9.45. The topological polar surface area (TPSA) is 85.1 Å². The number of hydrogen-bond acceptors (Lipinski definition) is 4. The molecule has 0 aliphatic rings. The van der Waals surface area contributed by atoms with Crippen molar-refractivity contribution in [3.63, 3.8) is 0 Å². The van der Waals surface area contributed by atoms with E-state index < -0.39 is 10.0 Å². The van der Waals surface area contributed by atoms with Crippen LogP contribution in [0.15, 0.2) is 47.5 Å². The predicted octanol–water partition coefficient (Wildman–Crippen LogP) is 1.33. The van der Waals surface area contributed by atoms with E-state index in [9.17, 15) is 8.42 Å². The summed E-state index contributed by atoms with van der Waals surface area (Å²) in [5.74, 6) is 0. The van der Waals surface area contributed by atoms with Gasteiger partial charge in [-0.1, -0.05) is 18.2 Å². The predicted molar refractivity (Wildman–Crippen MR) is 77.3 cm³/mol. The fourth-order valence-corrected chi connectivity index (χ4v) is 2.27. The molecule has 20 heavy (non-hydrogen) atoms. The molecular formula is C14H17N3O2S. The highest BCUT2D eigenvalue weighted by atomic mass is 32.2. The van der Waals surface area contributed by atoms with Gasteiger partial charge in [-0.15, -0.1) is 0 Å². The van der Waals surface area contributed by atoms with Crippen LogP contribution in [0.3, 0.4) is 0 Å². The van der Waals surface area contributed by atoms with E-state index in [1.165, 1.54) is 12.1 Å². The molecule has 1 aromatic heterocycles. The van der Waals surface area contributed by atoms with Crippen molar-refractivity contribution in [1.29, 1.82) is 0 Å². The molecule has 0 unspecified atom stereocenters. The Morgan fingerprint density at radius 2 is 1.65 bits per heavy atom. The Labute approximate surface area is 118 Å². The molecule has 106 valence electrons. The van der Waals surface area contributed by atoms with Gasteiger partial charge in [-0.3, -0.25) is 4.98 Å². The van der Waals surface area contributed by atoms with Crippen LogP contribution in [0.4, 0.5) is 0 Å². The Kier molecular flexibility index (Phi) is 4.49. The molecule has 0 radical (unpaired) electrons. The molecule has 0 saturated heterocycles. The van der Waals surface area contributed by atoms with Gasteiger partial charge < -0.3 is 5.32 Å². The molecule has 3 N–H and O–H groups in total. The lowest BCUT2D eigenvalue weighted by molar-refractivity contribution is 0.597. The molecule has 5 nitrogen and oxygen atoms in total. The Morgan fingerprint density at radius 1 is 1.05 bits per heavy atom. The van der Waals surface area contributed by atoms with Gasteiger partial charge in [-0.25, -0.2) is 13.6 Å². The maximum Gasteiger partial charge on any atom is 0.238 e. The number of hydrogen-bond donors (Lipinski definition) is 2. The van der Waals surface area contributed by atoms with Gasteiger partial charge in [0.2, 0.25) is 10.0 Å². The summed E-state index contributed by atoms with van der Waals surface area (Å²) in [6.45, 7) is 3.31. The van der Waals surface area contributed by atoms with Crippen molar-refractivity contribution >= 4 is 10.0 Å². The van der Waals surface area contributed by atoms with Gasteiger partial charge in [0.1, 0.15) is 0 Å². The molecule has 6 heteroatoms. The monoisotopic (exact) mass is 291 g/mol. The number of nitrogens with one attached hydrogen (secondary N) is 1. The largest absolute Gasteiger partial charge is 0.309 e. The zero-order valence-corrected chi connectivity index (χ0v) is 12.0. The first-order valence-electron chi connectivity index (χ1n) is 6.19. The molecular weight excluding hydrogens is 274 g/mol. The second-order valence-electron chi connectivity index (χ2n) is 4.60. The van der Waals surface area contributed by atoms with Crippen molar-refractivity contribution in [2.45, 2.75) is 24.9 Å². The van der Waals surface area contributed by atoms with E-state index >= 15 is 0 Å². The fourth-order valence-electron chi connectivity index (χ4n) is 1.75. The highest BCUT2D eigenvalue weighted by Gasteiger charge is 2.06. The molecule has 1 heterocycles. The van der Waals surface area contributed by atoms with E-state index in [0.29, 0.717) is 13.1 Å². The number of benzene rings is 1. The van der Waals surface area contributed by atoms with Gasteiger partial charge in [-0.05, 0) is 36.2 Å². The Bertz CT molecular complexity index is 665. The molecule has 2 aromatic rings. The Hall–Kier alpha value is -1.76. The van der Waals surface area contributed by atoms with Gasteiger partial charge in [0, 0.05) is 25.0 Å². The van der Waals surface area contributed by atoms with Crippen molar-refractivity contribution in [3.05, 3.63) is 59.4 Å². The zero-order chi connectivity index (χ0) is 14.6. The summed E-state index contributed by atoms with van der Waals surface area (Å²) in [7, 11) is -3.62. The van der Waals surface area contributed by atoms with Gasteiger partial charge in [0.05, 0.1) is 4.90 Å². The number of primary sulfonamides is 1. The van der Waals surface area contributed by atoms with Gasteiger partial charge in [-0.2, -0.15) is 0 Å². The zero-order valence-electron chi connectivity index (χ0n) is 11.2. The van der Waals surface area contributed by atoms with Crippen molar-refractivity contribution in [1.82, 2.24) is 10.3 Å². The molecule has 0 amide bonds. The van der Waals surface area contributed by atoms with E-state index in [4.69, 9.17) is 5.14 Å². The number of nitrogens with two attached hydrogens (primary N) is 1. The minimum absolute atomic E-state index is 0.129. The second kappa shape index (κ2) is 6.13. The molecule has 0 bridgehead atoms. The molecule has 1 aromatic carbocycles. The first kappa shape index (κ1) is 14.6. The molecule has 0 aliphatic heterocycles. The summed E-state index contributed by atoms with van der Waals surface area (Å²) < 4.78 is 22.3. The molecule has 0 spiro atoms. The van der Waals surface area contributed by atoms with Crippen molar-refractivity contribution < 1.29 is 8.42 Å². The highest BCUT2D eigenvalue weighted by Crippen LogP contribution is 2.08. The molecule has 0 fully saturated rings. The van der Waals surface area contributed by atoms with Gasteiger partial charge in [0.15, 0.2) is 0 Å². The minimum Gasteiger partial charge on any atom is -0.309 e. The van der Waals surface area contributed by atoms with E-state index in [0.717, 1.165) is 16.8 Å². The van der Waals surface area contributed by atoms with Crippen LogP contribution >= 0.6 is 0 Å². The minimum atomic E-state index is -3.62. The molecule has 0 atom stereocenters. The third kappa shape index (κ3) is 4.12. The van der Waals surface area contributed by atoms with Crippen LogP contribution in [0.5, 0.6) is 0 Å². The third-order valence-electron chi connectivity index (χ3n) is 2.88. The summed E-state index contributed by atoms with van der Waals surface area (Å²) in [5, 5.41) is 8.32. The molecule has 0 saturated carbocycles. The Morgan fingerprint density at radius 3 is 2.20 bits per heavy atom.